The van der Waals surface area contributed by atoms with E-state index in [1.165, 1.54) is 36.4 Å². The Balaban J connectivity index is 1.30. The van der Waals surface area contributed by atoms with E-state index in [4.69, 9.17) is 4.74 Å². The zero-order valence-electron chi connectivity index (χ0n) is 22.9. The highest BCUT2D eigenvalue weighted by atomic mass is 32.2. The molecule has 1 saturated heterocycles. The predicted octanol–water partition coefficient (Wildman–Crippen LogP) is 6.29. The van der Waals surface area contributed by atoms with E-state index in [9.17, 15) is 45.5 Å². The first kappa shape index (κ1) is 31.4. The average molecular weight is 680 g/mol. The number of hydrogen-bond acceptors (Lipinski definition) is 7. The standard InChI is InChI=1S/C30H19F6N3O5S2/c31-29(32,33)16-8-1-3-10-18(16)37-20(40)13-44-15-7-5-6-14(12-15)21-22-24(45-25-23(21)46-28(43)38-25)27(42)39(26(22)41)19-11-4-2-9-17(19)30(34,35)36/h1-12,21-22,24H,13H2,(H,37,40)(H,38,43)/t21-,22?,24?/m1/s1. The lowest BCUT2D eigenvalue weighted by atomic mass is 9.83. The van der Waals surface area contributed by atoms with Gasteiger partial charge in [-0.15, -0.1) is 0 Å². The number of anilines is 2. The van der Waals surface area contributed by atoms with Crippen molar-refractivity contribution in [3.63, 3.8) is 0 Å². The van der Waals surface area contributed by atoms with Crippen LogP contribution in [0.1, 0.15) is 27.5 Å². The number of rotatable bonds is 6. The number of aromatic nitrogens is 1. The third-order valence-electron chi connectivity index (χ3n) is 7.37. The van der Waals surface area contributed by atoms with Crippen molar-refractivity contribution < 1.29 is 45.5 Å². The number of imide groups is 1. The largest absolute Gasteiger partial charge is 0.484 e. The summed E-state index contributed by atoms with van der Waals surface area (Å²) in [6, 6.07) is 14.6. The fraction of sp³-hybridized carbons (Fsp3) is 0.200. The van der Waals surface area contributed by atoms with Crippen molar-refractivity contribution in [3.8, 4) is 5.75 Å². The van der Waals surface area contributed by atoms with Gasteiger partial charge < -0.3 is 15.0 Å². The SMILES string of the molecule is O=C(COc1cccc([C@H]2c3sc(=O)[nH]c3SC3C(=O)N(c4ccccc4C(F)(F)F)C(=O)C32)c1)Nc1ccccc1C(F)(F)F. The third-order valence-corrected chi connectivity index (χ3v) is 9.77. The van der Waals surface area contributed by atoms with Gasteiger partial charge in [0.2, 0.25) is 11.8 Å². The predicted molar refractivity (Wildman–Crippen MR) is 156 cm³/mol. The van der Waals surface area contributed by atoms with Crippen LogP contribution in [-0.4, -0.2) is 34.6 Å². The molecule has 2 unspecified atom stereocenters. The van der Waals surface area contributed by atoms with Crippen molar-refractivity contribution in [1.29, 1.82) is 0 Å². The van der Waals surface area contributed by atoms with Gasteiger partial charge in [-0.1, -0.05) is 59.5 Å². The minimum absolute atomic E-state index is 0.0759. The Morgan fingerprint density at radius 3 is 2.26 bits per heavy atom. The number of benzene rings is 3. The zero-order valence-corrected chi connectivity index (χ0v) is 24.6. The van der Waals surface area contributed by atoms with Crippen LogP contribution in [-0.2, 0) is 26.7 Å². The molecular formula is C30H19F6N3O5S2. The van der Waals surface area contributed by atoms with Crippen LogP contribution in [0.3, 0.4) is 0 Å². The van der Waals surface area contributed by atoms with E-state index in [1.807, 2.05) is 0 Å². The van der Waals surface area contributed by atoms with Crippen LogP contribution in [0.5, 0.6) is 5.75 Å². The lowest BCUT2D eigenvalue weighted by molar-refractivity contribution is -0.138. The van der Waals surface area contributed by atoms with Crippen LogP contribution in [0, 0.1) is 5.92 Å². The van der Waals surface area contributed by atoms with Gasteiger partial charge in [-0.25, -0.2) is 4.90 Å². The van der Waals surface area contributed by atoms with Crippen molar-refractivity contribution in [3.05, 3.63) is 104 Å². The molecule has 1 fully saturated rings. The molecule has 3 heterocycles. The molecule has 1 aromatic heterocycles. The van der Waals surface area contributed by atoms with Gasteiger partial charge in [0, 0.05) is 10.8 Å². The van der Waals surface area contributed by atoms with Gasteiger partial charge in [0.15, 0.2) is 6.61 Å². The van der Waals surface area contributed by atoms with E-state index in [-0.39, 0.29) is 5.75 Å². The van der Waals surface area contributed by atoms with E-state index in [2.05, 4.69) is 10.3 Å². The number of alkyl halides is 6. The maximum absolute atomic E-state index is 13.9. The number of nitrogens with zero attached hydrogens (tertiary/aromatic N) is 1. The summed E-state index contributed by atoms with van der Waals surface area (Å²) >= 11 is 1.68. The molecule has 0 aliphatic carbocycles. The topological polar surface area (TPSA) is 109 Å². The van der Waals surface area contributed by atoms with Crippen LogP contribution in [0.25, 0.3) is 0 Å². The second-order valence-electron chi connectivity index (χ2n) is 10.2. The quantitative estimate of drug-likeness (QED) is 0.183. The summed E-state index contributed by atoms with van der Waals surface area (Å²) in [6.07, 6.45) is -9.56. The number of carbonyl (C=O) groups is 3. The van der Waals surface area contributed by atoms with E-state index in [0.29, 0.717) is 20.4 Å². The normalized spacial score (nSPS) is 19.5. The molecule has 16 heteroatoms. The maximum atomic E-state index is 13.9. The third kappa shape index (κ3) is 5.77. The molecule has 3 atom stereocenters. The van der Waals surface area contributed by atoms with E-state index < -0.39 is 81.1 Å². The smallest absolute Gasteiger partial charge is 0.418 e. The summed E-state index contributed by atoms with van der Waals surface area (Å²) in [5.74, 6) is -4.73. The zero-order chi connectivity index (χ0) is 33.0. The number of para-hydroxylation sites is 2. The van der Waals surface area contributed by atoms with Crippen LogP contribution < -0.4 is 19.8 Å². The molecular weight excluding hydrogens is 660 g/mol. The molecule has 238 valence electrons. The molecule has 46 heavy (non-hydrogen) atoms. The molecule has 0 bridgehead atoms. The number of H-pyrrole nitrogens is 1. The van der Waals surface area contributed by atoms with Gasteiger partial charge in [0.25, 0.3) is 5.91 Å². The number of aromatic amines is 1. The lowest BCUT2D eigenvalue weighted by Crippen LogP contribution is -2.33. The summed E-state index contributed by atoms with van der Waals surface area (Å²) in [5, 5.41) is 1.29. The summed E-state index contributed by atoms with van der Waals surface area (Å²) in [5.41, 5.74) is -2.91. The Bertz CT molecular complexity index is 1920. The van der Waals surface area contributed by atoms with E-state index in [1.54, 1.807) is 6.07 Å². The molecule has 0 radical (unpaired) electrons. The van der Waals surface area contributed by atoms with Crippen molar-refractivity contribution in [1.82, 2.24) is 4.98 Å². The van der Waals surface area contributed by atoms with Gasteiger partial charge in [0.1, 0.15) is 11.0 Å². The average Bonchev–Trinajstić information content (AvgIpc) is 3.49. The number of amides is 3. The highest BCUT2D eigenvalue weighted by molar-refractivity contribution is 8.00. The number of fused-ring (bicyclic) bond motifs is 2. The van der Waals surface area contributed by atoms with Crippen molar-refractivity contribution in [2.75, 3.05) is 16.8 Å². The molecule has 4 aromatic rings. The van der Waals surface area contributed by atoms with Gasteiger partial charge >= 0.3 is 17.2 Å². The minimum Gasteiger partial charge on any atom is -0.484 e. The summed E-state index contributed by atoms with van der Waals surface area (Å²) in [7, 11) is 0. The second-order valence-corrected chi connectivity index (χ2v) is 12.4. The van der Waals surface area contributed by atoms with Gasteiger partial charge in [-0.3, -0.25) is 19.2 Å². The molecule has 0 saturated carbocycles. The van der Waals surface area contributed by atoms with Crippen molar-refractivity contribution in [2.24, 2.45) is 5.92 Å². The van der Waals surface area contributed by atoms with Gasteiger partial charge in [0.05, 0.1) is 33.4 Å². The molecule has 2 N–H and O–H groups in total. The molecule has 3 amide bonds. The number of thioether (sulfide) groups is 1. The molecule has 6 rings (SSSR count). The van der Waals surface area contributed by atoms with Gasteiger partial charge in [-0.05, 0) is 42.0 Å². The Morgan fingerprint density at radius 2 is 1.54 bits per heavy atom. The highest BCUT2D eigenvalue weighted by Gasteiger charge is 2.57. The van der Waals surface area contributed by atoms with Crippen LogP contribution in [0.2, 0.25) is 0 Å². The van der Waals surface area contributed by atoms with Crippen LogP contribution in [0.15, 0.2) is 82.6 Å². The minimum atomic E-state index is -4.85. The number of carbonyl (C=O) groups excluding carboxylic acids is 3. The first-order valence-corrected chi connectivity index (χ1v) is 15.1. The number of hydrogen-bond donors (Lipinski definition) is 2. The number of ether oxygens (including phenoxy) is 1. The van der Waals surface area contributed by atoms with E-state index in [0.717, 1.165) is 53.4 Å². The molecule has 2 aliphatic heterocycles. The Kier molecular flexibility index (Phi) is 7.96. The number of thiazole rings is 1. The highest BCUT2D eigenvalue weighted by Crippen LogP contribution is 2.54. The number of halogens is 6. The van der Waals surface area contributed by atoms with E-state index >= 15 is 0 Å². The first-order valence-electron chi connectivity index (χ1n) is 13.4. The molecule has 3 aromatic carbocycles. The summed E-state index contributed by atoms with van der Waals surface area (Å²) < 4.78 is 87.1. The maximum Gasteiger partial charge on any atom is 0.418 e. The Morgan fingerprint density at radius 1 is 0.870 bits per heavy atom. The first-order chi connectivity index (χ1) is 21.7. The summed E-state index contributed by atoms with van der Waals surface area (Å²) in [4.78, 5) is 55.4. The van der Waals surface area contributed by atoms with Crippen molar-refractivity contribution >= 4 is 52.2 Å². The summed E-state index contributed by atoms with van der Waals surface area (Å²) in [6.45, 7) is -0.690. The fourth-order valence-corrected chi connectivity index (χ4v) is 8.01. The van der Waals surface area contributed by atoms with Crippen LogP contribution >= 0.6 is 23.1 Å². The fourth-order valence-electron chi connectivity index (χ4n) is 5.49. The molecule has 8 nitrogen and oxygen atoms in total. The Hall–Kier alpha value is -4.57. The lowest BCUT2D eigenvalue weighted by Gasteiger charge is -2.30. The van der Waals surface area contributed by atoms with Gasteiger partial charge in [-0.2, -0.15) is 26.3 Å². The second kappa shape index (κ2) is 11.7. The number of nitrogens with one attached hydrogen (secondary N) is 2. The molecule has 2 aliphatic rings. The van der Waals surface area contributed by atoms with Crippen molar-refractivity contribution in [2.45, 2.75) is 28.5 Å². The molecule has 0 spiro atoms. The van der Waals surface area contributed by atoms with Crippen LogP contribution in [0.4, 0.5) is 37.7 Å². The monoisotopic (exact) mass is 679 g/mol. The Labute approximate surface area is 263 Å².